The van der Waals surface area contributed by atoms with E-state index in [1.54, 1.807) is 0 Å². The van der Waals surface area contributed by atoms with E-state index in [2.05, 4.69) is 77.1 Å². The van der Waals surface area contributed by atoms with E-state index in [0.717, 1.165) is 30.5 Å². The quantitative estimate of drug-likeness (QED) is 0.484. The predicted molar refractivity (Wildman–Crippen MR) is 111 cm³/mol. The van der Waals surface area contributed by atoms with Crippen molar-refractivity contribution in [2.45, 2.75) is 32.4 Å². The van der Waals surface area contributed by atoms with Crippen LogP contribution in [-0.4, -0.2) is 10.4 Å². The molecular formula is C25H23N2O+. The molecule has 0 spiro atoms. The summed E-state index contributed by atoms with van der Waals surface area (Å²) in [7, 11) is 0. The minimum Gasteiger partial charge on any atom is -0.336 e. The lowest BCUT2D eigenvalue weighted by Crippen LogP contribution is -2.33. The highest BCUT2D eigenvalue weighted by Crippen LogP contribution is 2.32. The highest BCUT2D eigenvalue weighted by molar-refractivity contribution is 6.02. The van der Waals surface area contributed by atoms with Crippen molar-refractivity contribution in [1.82, 2.24) is 4.57 Å². The number of nitrogens with zero attached hydrogens (tertiary/aromatic N) is 2. The van der Waals surface area contributed by atoms with Gasteiger partial charge in [0.05, 0.1) is 16.9 Å². The molecule has 0 amide bonds. The lowest BCUT2D eigenvalue weighted by molar-refractivity contribution is -0.687. The number of pyridine rings is 1. The Morgan fingerprint density at radius 3 is 2.79 bits per heavy atom. The average molecular weight is 367 g/mol. The summed E-state index contributed by atoms with van der Waals surface area (Å²) in [5.41, 5.74) is 5.70. The molecule has 0 aliphatic heterocycles. The molecule has 1 aliphatic rings. The Labute approximate surface area is 164 Å². The minimum absolute atomic E-state index is 0.113. The molecule has 0 radical (unpaired) electrons. The van der Waals surface area contributed by atoms with Crippen molar-refractivity contribution in [3.05, 3.63) is 102 Å². The molecular weight excluding hydrogens is 344 g/mol. The summed E-state index contributed by atoms with van der Waals surface area (Å²) >= 11 is 0. The van der Waals surface area contributed by atoms with Crippen molar-refractivity contribution < 1.29 is 9.36 Å². The molecule has 5 rings (SSSR count). The fraction of sp³-hybridized carbons (Fsp3) is 0.200. The number of Topliss-reactive ketones (excluding diaryl/α,β-unsaturated/α-hetero) is 1. The van der Waals surface area contributed by atoms with Gasteiger partial charge in [-0.2, -0.15) is 0 Å². The highest BCUT2D eigenvalue weighted by atomic mass is 16.1. The Morgan fingerprint density at radius 2 is 1.93 bits per heavy atom. The number of hydrogen-bond donors (Lipinski definition) is 0. The van der Waals surface area contributed by atoms with Crippen molar-refractivity contribution >= 4 is 16.7 Å². The molecule has 0 N–H and O–H groups in total. The summed E-state index contributed by atoms with van der Waals surface area (Å²) in [6.07, 6.45) is 8.16. The highest BCUT2D eigenvalue weighted by Gasteiger charge is 2.29. The fourth-order valence-electron chi connectivity index (χ4n) is 4.36. The third kappa shape index (κ3) is 2.93. The second-order valence-electron chi connectivity index (χ2n) is 7.75. The standard InChI is InChI=1S/C25H23N2O/c1-18-7-9-22-20(15-18)8-10-24(25(22)28)27-14-11-21-17-26(13-12-23(21)27)16-19-5-3-2-4-6-19/h2-7,9,11-15,17,24H,8,10,16H2,1H3/q+1. The molecule has 1 atom stereocenters. The van der Waals surface area contributed by atoms with E-state index in [-0.39, 0.29) is 11.8 Å². The third-order valence-electron chi connectivity index (χ3n) is 5.78. The van der Waals surface area contributed by atoms with Gasteiger partial charge in [-0.3, -0.25) is 4.79 Å². The van der Waals surface area contributed by atoms with Crippen LogP contribution in [0.15, 0.2) is 79.3 Å². The fourth-order valence-corrected chi connectivity index (χ4v) is 4.36. The molecule has 1 unspecified atom stereocenters. The van der Waals surface area contributed by atoms with Crippen LogP contribution in [0.2, 0.25) is 0 Å². The molecule has 2 heterocycles. The van der Waals surface area contributed by atoms with Crippen LogP contribution in [0.4, 0.5) is 0 Å². The van der Waals surface area contributed by atoms with Gasteiger partial charge >= 0.3 is 0 Å². The van der Waals surface area contributed by atoms with Gasteiger partial charge in [-0.25, -0.2) is 4.57 Å². The van der Waals surface area contributed by atoms with Crippen LogP contribution >= 0.6 is 0 Å². The van der Waals surface area contributed by atoms with Crippen molar-refractivity contribution in [3.63, 3.8) is 0 Å². The molecule has 0 saturated carbocycles. The third-order valence-corrected chi connectivity index (χ3v) is 5.78. The smallest absolute Gasteiger partial charge is 0.185 e. The maximum atomic E-state index is 13.2. The largest absolute Gasteiger partial charge is 0.336 e. The van der Waals surface area contributed by atoms with Crippen LogP contribution in [-0.2, 0) is 13.0 Å². The van der Waals surface area contributed by atoms with Gasteiger partial charge in [0, 0.05) is 23.4 Å². The maximum Gasteiger partial charge on any atom is 0.185 e. The molecule has 3 heteroatoms. The molecule has 4 aromatic rings. The van der Waals surface area contributed by atoms with Crippen molar-refractivity contribution in [3.8, 4) is 0 Å². The summed E-state index contributed by atoms with van der Waals surface area (Å²) in [6, 6.07) is 20.8. The van der Waals surface area contributed by atoms with E-state index >= 15 is 0 Å². The molecule has 28 heavy (non-hydrogen) atoms. The van der Waals surface area contributed by atoms with E-state index < -0.39 is 0 Å². The van der Waals surface area contributed by atoms with Gasteiger partial charge < -0.3 is 4.57 Å². The number of aromatic nitrogens is 2. The van der Waals surface area contributed by atoms with Crippen molar-refractivity contribution in [2.24, 2.45) is 0 Å². The van der Waals surface area contributed by atoms with Gasteiger partial charge in [-0.1, -0.05) is 54.1 Å². The maximum absolute atomic E-state index is 13.2. The lowest BCUT2D eigenvalue weighted by atomic mass is 9.86. The van der Waals surface area contributed by atoms with Crippen LogP contribution in [0.1, 0.15) is 39.5 Å². The van der Waals surface area contributed by atoms with Gasteiger partial charge in [0.1, 0.15) is 0 Å². The first kappa shape index (κ1) is 16.9. The van der Waals surface area contributed by atoms with Gasteiger partial charge in [0.25, 0.3) is 0 Å². The van der Waals surface area contributed by atoms with Crippen LogP contribution in [0.25, 0.3) is 10.9 Å². The molecule has 3 nitrogen and oxygen atoms in total. The predicted octanol–water partition coefficient (Wildman–Crippen LogP) is 4.66. The average Bonchev–Trinajstić information content (AvgIpc) is 3.12. The van der Waals surface area contributed by atoms with Gasteiger partial charge in [-0.15, -0.1) is 0 Å². The number of ketones is 1. The van der Waals surface area contributed by atoms with E-state index in [0.29, 0.717) is 0 Å². The van der Waals surface area contributed by atoms with Crippen LogP contribution < -0.4 is 4.57 Å². The summed E-state index contributed by atoms with van der Waals surface area (Å²) in [6.45, 7) is 2.93. The normalized spacial score (nSPS) is 16.3. The zero-order chi connectivity index (χ0) is 19.1. The van der Waals surface area contributed by atoms with E-state index in [9.17, 15) is 4.79 Å². The van der Waals surface area contributed by atoms with Gasteiger partial charge in [0.15, 0.2) is 24.7 Å². The first-order valence-electron chi connectivity index (χ1n) is 9.86. The Morgan fingerprint density at radius 1 is 1.07 bits per heavy atom. The molecule has 2 aromatic carbocycles. The van der Waals surface area contributed by atoms with Crippen molar-refractivity contribution in [2.75, 3.05) is 0 Å². The lowest BCUT2D eigenvalue weighted by Gasteiger charge is -2.25. The Hall–Kier alpha value is -3.20. The Balaban J connectivity index is 1.47. The SMILES string of the molecule is Cc1ccc2c(c1)CCC(n1ccc3c[n+](Cc4ccccc4)ccc31)C2=O. The molecule has 0 saturated heterocycles. The zero-order valence-electron chi connectivity index (χ0n) is 16.0. The van der Waals surface area contributed by atoms with Crippen molar-refractivity contribution in [1.29, 1.82) is 0 Å². The second-order valence-corrected chi connectivity index (χ2v) is 7.75. The second kappa shape index (κ2) is 6.75. The van der Waals surface area contributed by atoms with Crippen LogP contribution in [0, 0.1) is 6.92 Å². The number of hydrogen-bond acceptors (Lipinski definition) is 1. The molecule has 2 aromatic heterocycles. The minimum atomic E-state index is -0.113. The monoisotopic (exact) mass is 367 g/mol. The van der Waals surface area contributed by atoms with E-state index in [1.807, 2.05) is 18.2 Å². The number of aryl methyl sites for hydroxylation is 2. The van der Waals surface area contributed by atoms with E-state index in [4.69, 9.17) is 0 Å². The Kier molecular flexibility index (Phi) is 4.09. The number of carbonyl (C=O) groups excluding carboxylic acids is 1. The number of rotatable bonds is 3. The van der Waals surface area contributed by atoms with Crippen LogP contribution in [0.3, 0.4) is 0 Å². The number of benzene rings is 2. The first-order chi connectivity index (χ1) is 13.7. The van der Waals surface area contributed by atoms with Crippen LogP contribution in [0.5, 0.6) is 0 Å². The summed E-state index contributed by atoms with van der Waals surface area (Å²) in [4.78, 5) is 13.2. The first-order valence-corrected chi connectivity index (χ1v) is 9.86. The number of fused-ring (bicyclic) bond motifs is 2. The molecule has 0 fully saturated rings. The van der Waals surface area contributed by atoms with E-state index in [1.165, 1.54) is 22.1 Å². The molecule has 1 aliphatic carbocycles. The molecule has 138 valence electrons. The van der Waals surface area contributed by atoms with Gasteiger partial charge in [-0.05, 0) is 31.4 Å². The Bertz CT molecular complexity index is 1170. The summed E-state index contributed by atoms with van der Waals surface area (Å²) < 4.78 is 4.36. The number of carbonyl (C=O) groups is 1. The van der Waals surface area contributed by atoms with Gasteiger partial charge in [0.2, 0.25) is 0 Å². The zero-order valence-corrected chi connectivity index (χ0v) is 16.0. The summed E-state index contributed by atoms with van der Waals surface area (Å²) in [5, 5.41) is 1.17. The summed E-state index contributed by atoms with van der Waals surface area (Å²) in [5.74, 6) is 0.236. The topological polar surface area (TPSA) is 25.9 Å². The molecule has 0 bridgehead atoms.